The summed E-state index contributed by atoms with van der Waals surface area (Å²) in [6, 6.07) is 7.68. The summed E-state index contributed by atoms with van der Waals surface area (Å²) in [6.45, 7) is 2.57. The van der Waals surface area contributed by atoms with Gasteiger partial charge in [0.15, 0.2) is 0 Å². The minimum Gasteiger partial charge on any atom is -0.493 e. The normalized spacial score (nSPS) is 18.8. The lowest BCUT2D eigenvalue weighted by atomic mass is 9.98. The van der Waals surface area contributed by atoms with Gasteiger partial charge in [-0.25, -0.2) is 8.78 Å². The zero-order chi connectivity index (χ0) is 16.1. The number of nitrogens with zero attached hydrogens (tertiary/aromatic N) is 2. The van der Waals surface area contributed by atoms with Gasteiger partial charge in [-0.05, 0) is 43.7 Å². The molecule has 0 bridgehead atoms. The molecule has 23 heavy (non-hydrogen) atoms. The smallest absolute Gasteiger partial charge is 0.130 e. The molecule has 122 valence electrons. The van der Waals surface area contributed by atoms with E-state index < -0.39 is 11.6 Å². The fraction of sp³-hybridized carbons (Fsp3) is 0.389. The highest BCUT2D eigenvalue weighted by Crippen LogP contribution is 2.22. The summed E-state index contributed by atoms with van der Waals surface area (Å²) in [6.07, 6.45) is 5.48. The Labute approximate surface area is 134 Å². The molecule has 0 amide bonds. The first kappa shape index (κ1) is 15.9. The molecule has 3 rings (SSSR count). The monoisotopic (exact) mass is 318 g/mol. The van der Waals surface area contributed by atoms with E-state index in [-0.39, 0.29) is 5.56 Å². The molecule has 1 fully saturated rings. The van der Waals surface area contributed by atoms with Gasteiger partial charge in [-0.2, -0.15) is 0 Å². The Kier molecular flexibility index (Phi) is 5.18. The van der Waals surface area contributed by atoms with Gasteiger partial charge in [-0.15, -0.1) is 0 Å². The number of hydrogen-bond donors (Lipinski definition) is 0. The van der Waals surface area contributed by atoms with Gasteiger partial charge in [0.2, 0.25) is 0 Å². The van der Waals surface area contributed by atoms with Crippen molar-refractivity contribution in [3.05, 3.63) is 59.9 Å². The number of pyridine rings is 1. The molecule has 1 atom stereocenters. The van der Waals surface area contributed by atoms with E-state index in [1.54, 1.807) is 12.4 Å². The lowest BCUT2D eigenvalue weighted by Crippen LogP contribution is -2.37. The first-order chi connectivity index (χ1) is 11.2. The van der Waals surface area contributed by atoms with E-state index in [1.807, 2.05) is 12.1 Å². The molecule has 1 saturated heterocycles. The summed E-state index contributed by atoms with van der Waals surface area (Å²) in [4.78, 5) is 6.06. The lowest BCUT2D eigenvalue weighted by Gasteiger charge is -2.32. The van der Waals surface area contributed by atoms with Crippen LogP contribution in [0.5, 0.6) is 5.75 Å². The van der Waals surface area contributed by atoms with Crippen LogP contribution >= 0.6 is 0 Å². The fourth-order valence-electron chi connectivity index (χ4n) is 2.99. The zero-order valence-corrected chi connectivity index (χ0v) is 12.9. The maximum absolute atomic E-state index is 13.8. The number of rotatable bonds is 5. The van der Waals surface area contributed by atoms with Crippen LogP contribution in [0.2, 0.25) is 0 Å². The molecule has 0 spiro atoms. The molecule has 1 aliphatic heterocycles. The highest BCUT2D eigenvalue weighted by Gasteiger charge is 2.22. The van der Waals surface area contributed by atoms with Crippen molar-refractivity contribution in [3.8, 4) is 5.75 Å². The molecule has 2 aromatic rings. The van der Waals surface area contributed by atoms with Gasteiger partial charge in [0.25, 0.3) is 0 Å². The van der Waals surface area contributed by atoms with Crippen LogP contribution in [-0.4, -0.2) is 29.6 Å². The van der Waals surface area contributed by atoms with E-state index in [1.165, 1.54) is 18.2 Å². The van der Waals surface area contributed by atoms with Gasteiger partial charge < -0.3 is 4.74 Å². The van der Waals surface area contributed by atoms with Crippen molar-refractivity contribution in [2.24, 2.45) is 5.92 Å². The molecule has 1 aromatic heterocycles. The molecule has 0 saturated carbocycles. The van der Waals surface area contributed by atoms with E-state index >= 15 is 0 Å². The third-order valence-corrected chi connectivity index (χ3v) is 4.18. The van der Waals surface area contributed by atoms with E-state index in [4.69, 9.17) is 4.74 Å². The maximum Gasteiger partial charge on any atom is 0.130 e. The number of benzene rings is 1. The van der Waals surface area contributed by atoms with Crippen molar-refractivity contribution < 1.29 is 13.5 Å². The van der Waals surface area contributed by atoms with Gasteiger partial charge in [0.05, 0.1) is 6.61 Å². The number of ether oxygens (including phenoxy) is 1. The van der Waals surface area contributed by atoms with Crippen LogP contribution in [0.3, 0.4) is 0 Å². The quantitative estimate of drug-likeness (QED) is 0.841. The average Bonchev–Trinajstić information content (AvgIpc) is 2.58. The summed E-state index contributed by atoms with van der Waals surface area (Å²) in [5.41, 5.74) is 0.156. The standard InChI is InChI=1S/C18H20F2N2O/c19-17-4-1-5-18(20)16(17)12-22-10-2-3-14(11-22)13-23-15-6-8-21-9-7-15/h1,4-9,14H,2-3,10-13H2. The van der Waals surface area contributed by atoms with E-state index in [0.29, 0.717) is 19.1 Å². The Morgan fingerprint density at radius 2 is 1.87 bits per heavy atom. The second kappa shape index (κ2) is 7.51. The Balaban J connectivity index is 1.56. The molecule has 5 heteroatoms. The van der Waals surface area contributed by atoms with Crippen molar-refractivity contribution in [1.82, 2.24) is 9.88 Å². The van der Waals surface area contributed by atoms with Crippen LogP contribution < -0.4 is 4.74 Å². The van der Waals surface area contributed by atoms with Crippen LogP contribution in [0.1, 0.15) is 18.4 Å². The molecule has 1 aromatic carbocycles. The topological polar surface area (TPSA) is 25.4 Å². The van der Waals surface area contributed by atoms with E-state index in [2.05, 4.69) is 9.88 Å². The van der Waals surface area contributed by atoms with Crippen molar-refractivity contribution >= 4 is 0 Å². The predicted molar refractivity (Wildman–Crippen MR) is 84.1 cm³/mol. The second-order valence-corrected chi connectivity index (χ2v) is 5.94. The average molecular weight is 318 g/mol. The summed E-state index contributed by atoms with van der Waals surface area (Å²) >= 11 is 0. The van der Waals surface area contributed by atoms with Crippen LogP contribution in [0, 0.1) is 17.6 Å². The number of hydrogen-bond acceptors (Lipinski definition) is 3. The number of likely N-dealkylation sites (tertiary alicyclic amines) is 1. The fourth-order valence-corrected chi connectivity index (χ4v) is 2.99. The Bertz CT molecular complexity index is 616. The van der Waals surface area contributed by atoms with Gasteiger partial charge in [-0.1, -0.05) is 6.07 Å². The molecular weight excluding hydrogens is 298 g/mol. The largest absolute Gasteiger partial charge is 0.493 e. The van der Waals surface area contributed by atoms with Crippen molar-refractivity contribution in [2.75, 3.05) is 19.7 Å². The molecular formula is C18H20F2N2O. The van der Waals surface area contributed by atoms with E-state index in [0.717, 1.165) is 31.7 Å². The van der Waals surface area contributed by atoms with E-state index in [9.17, 15) is 8.78 Å². The SMILES string of the molecule is Fc1cccc(F)c1CN1CCCC(COc2ccncc2)C1. The van der Waals surface area contributed by atoms with Crippen LogP contribution in [0.15, 0.2) is 42.7 Å². The molecule has 0 N–H and O–H groups in total. The molecule has 2 heterocycles. The van der Waals surface area contributed by atoms with Crippen LogP contribution in [-0.2, 0) is 6.54 Å². The minimum atomic E-state index is -0.472. The third kappa shape index (κ3) is 4.26. The Morgan fingerprint density at radius 3 is 2.61 bits per heavy atom. The highest BCUT2D eigenvalue weighted by atomic mass is 19.1. The molecule has 0 aliphatic carbocycles. The zero-order valence-electron chi connectivity index (χ0n) is 12.9. The summed E-state index contributed by atoms with van der Waals surface area (Å²) in [5, 5.41) is 0. The Morgan fingerprint density at radius 1 is 1.13 bits per heavy atom. The van der Waals surface area contributed by atoms with Gasteiger partial charge in [-0.3, -0.25) is 9.88 Å². The van der Waals surface area contributed by atoms with Gasteiger partial charge >= 0.3 is 0 Å². The van der Waals surface area contributed by atoms with Crippen molar-refractivity contribution in [2.45, 2.75) is 19.4 Å². The second-order valence-electron chi connectivity index (χ2n) is 5.94. The van der Waals surface area contributed by atoms with Crippen molar-refractivity contribution in [1.29, 1.82) is 0 Å². The molecule has 0 radical (unpaired) electrons. The molecule has 1 aliphatic rings. The first-order valence-electron chi connectivity index (χ1n) is 7.90. The highest BCUT2D eigenvalue weighted by molar-refractivity contribution is 5.19. The summed E-state index contributed by atoms with van der Waals surface area (Å²) < 4.78 is 33.3. The van der Waals surface area contributed by atoms with Crippen LogP contribution in [0.4, 0.5) is 8.78 Å². The molecule has 3 nitrogen and oxygen atoms in total. The molecule has 1 unspecified atom stereocenters. The number of halogens is 2. The minimum absolute atomic E-state index is 0.156. The Hall–Kier alpha value is -2.01. The van der Waals surface area contributed by atoms with Crippen LogP contribution in [0.25, 0.3) is 0 Å². The maximum atomic E-state index is 13.8. The lowest BCUT2D eigenvalue weighted by molar-refractivity contribution is 0.123. The van der Waals surface area contributed by atoms with Gasteiger partial charge in [0.1, 0.15) is 17.4 Å². The van der Waals surface area contributed by atoms with Gasteiger partial charge in [0, 0.05) is 37.0 Å². The third-order valence-electron chi connectivity index (χ3n) is 4.18. The number of piperidine rings is 1. The summed E-state index contributed by atoms with van der Waals surface area (Å²) in [7, 11) is 0. The summed E-state index contributed by atoms with van der Waals surface area (Å²) in [5.74, 6) is 0.226. The predicted octanol–water partition coefficient (Wildman–Crippen LogP) is 3.65. The number of aromatic nitrogens is 1. The van der Waals surface area contributed by atoms with Crippen molar-refractivity contribution in [3.63, 3.8) is 0 Å². The first-order valence-corrected chi connectivity index (χ1v) is 7.90.